The van der Waals surface area contributed by atoms with Crippen molar-refractivity contribution in [1.29, 1.82) is 0 Å². The molecule has 2 rings (SSSR count). The number of imidazole rings is 1. The fraction of sp³-hybridized carbons (Fsp3) is 0.692. The average Bonchev–Trinajstić information content (AvgIpc) is 2.71. The van der Waals surface area contributed by atoms with Gasteiger partial charge in [0.05, 0.1) is 0 Å². The highest BCUT2D eigenvalue weighted by Gasteiger charge is 2.16. The molecule has 5 nitrogen and oxygen atoms in total. The maximum atomic E-state index is 11.9. The number of rotatable bonds is 4. The molecule has 0 aromatic carbocycles. The van der Waals surface area contributed by atoms with Crippen LogP contribution in [0.5, 0.6) is 0 Å². The molecule has 0 saturated heterocycles. The maximum Gasteiger partial charge on any atom is 0.328 e. The van der Waals surface area contributed by atoms with Gasteiger partial charge in [0.25, 0.3) is 0 Å². The van der Waals surface area contributed by atoms with E-state index in [1.807, 2.05) is 6.92 Å². The SMILES string of the molecule is CCn1ccn(CC(=O)NC2CCCCC2)c1=O. The molecule has 1 N–H and O–H groups in total. The summed E-state index contributed by atoms with van der Waals surface area (Å²) < 4.78 is 3.05. The average molecular weight is 251 g/mol. The fourth-order valence-corrected chi connectivity index (χ4v) is 2.49. The molecule has 0 atom stereocenters. The minimum absolute atomic E-state index is 0.0575. The zero-order valence-electron chi connectivity index (χ0n) is 10.9. The van der Waals surface area contributed by atoms with Crippen LogP contribution in [-0.4, -0.2) is 21.1 Å². The first-order chi connectivity index (χ1) is 8.70. The highest BCUT2D eigenvalue weighted by Crippen LogP contribution is 2.17. The van der Waals surface area contributed by atoms with E-state index < -0.39 is 0 Å². The Kier molecular flexibility index (Phi) is 4.23. The van der Waals surface area contributed by atoms with Crippen molar-refractivity contribution in [3.63, 3.8) is 0 Å². The second kappa shape index (κ2) is 5.89. The third kappa shape index (κ3) is 3.03. The Hall–Kier alpha value is -1.52. The first-order valence-corrected chi connectivity index (χ1v) is 6.75. The van der Waals surface area contributed by atoms with Crippen LogP contribution in [0.15, 0.2) is 17.2 Å². The summed E-state index contributed by atoms with van der Waals surface area (Å²) in [4.78, 5) is 23.6. The van der Waals surface area contributed by atoms with Gasteiger partial charge in [-0.05, 0) is 19.8 Å². The molecule has 0 radical (unpaired) electrons. The minimum Gasteiger partial charge on any atom is -0.352 e. The lowest BCUT2D eigenvalue weighted by atomic mass is 9.95. The minimum atomic E-state index is -0.115. The predicted molar refractivity (Wildman–Crippen MR) is 69.4 cm³/mol. The second-order valence-electron chi connectivity index (χ2n) is 4.90. The molecular formula is C13H21N3O2. The van der Waals surface area contributed by atoms with E-state index in [-0.39, 0.29) is 18.1 Å². The number of aromatic nitrogens is 2. The van der Waals surface area contributed by atoms with E-state index in [0.717, 1.165) is 12.8 Å². The molecule has 0 aliphatic heterocycles. The number of hydrogen-bond donors (Lipinski definition) is 1. The van der Waals surface area contributed by atoms with Crippen molar-refractivity contribution in [2.24, 2.45) is 0 Å². The van der Waals surface area contributed by atoms with E-state index in [0.29, 0.717) is 12.6 Å². The lowest BCUT2D eigenvalue weighted by Crippen LogP contribution is -2.39. The number of carbonyl (C=O) groups excluding carboxylic acids is 1. The number of amides is 1. The summed E-state index contributed by atoms with van der Waals surface area (Å²) in [5.41, 5.74) is -0.115. The normalized spacial score (nSPS) is 16.7. The lowest BCUT2D eigenvalue weighted by molar-refractivity contribution is -0.122. The van der Waals surface area contributed by atoms with E-state index in [4.69, 9.17) is 0 Å². The van der Waals surface area contributed by atoms with Gasteiger partial charge in [-0.15, -0.1) is 0 Å². The van der Waals surface area contributed by atoms with Crippen molar-refractivity contribution in [3.05, 3.63) is 22.9 Å². The zero-order chi connectivity index (χ0) is 13.0. The second-order valence-corrected chi connectivity index (χ2v) is 4.90. The Labute approximate surface area is 107 Å². The Morgan fingerprint density at radius 2 is 1.94 bits per heavy atom. The predicted octanol–water partition coefficient (Wildman–Crippen LogP) is 1.12. The fourth-order valence-electron chi connectivity index (χ4n) is 2.49. The largest absolute Gasteiger partial charge is 0.352 e. The highest BCUT2D eigenvalue weighted by atomic mass is 16.2. The molecular weight excluding hydrogens is 230 g/mol. The molecule has 1 aromatic heterocycles. The van der Waals surface area contributed by atoms with Crippen molar-refractivity contribution in [2.75, 3.05) is 0 Å². The molecule has 0 spiro atoms. The molecule has 18 heavy (non-hydrogen) atoms. The van der Waals surface area contributed by atoms with Gasteiger partial charge in [0.1, 0.15) is 6.54 Å². The topological polar surface area (TPSA) is 56.0 Å². The summed E-state index contributed by atoms with van der Waals surface area (Å²) >= 11 is 0. The van der Waals surface area contributed by atoms with Crippen LogP contribution in [-0.2, 0) is 17.9 Å². The van der Waals surface area contributed by atoms with Crippen molar-refractivity contribution < 1.29 is 4.79 Å². The Morgan fingerprint density at radius 3 is 2.56 bits per heavy atom. The number of nitrogens with zero attached hydrogens (tertiary/aromatic N) is 2. The van der Waals surface area contributed by atoms with Crippen molar-refractivity contribution in [3.8, 4) is 0 Å². The molecule has 0 unspecified atom stereocenters. The van der Waals surface area contributed by atoms with E-state index in [2.05, 4.69) is 5.32 Å². The molecule has 1 saturated carbocycles. The molecule has 1 heterocycles. The number of carbonyl (C=O) groups is 1. The van der Waals surface area contributed by atoms with Gasteiger partial charge in [-0.25, -0.2) is 4.79 Å². The molecule has 1 aliphatic carbocycles. The third-order valence-corrected chi connectivity index (χ3v) is 3.54. The van der Waals surface area contributed by atoms with Gasteiger partial charge in [0.15, 0.2) is 0 Å². The van der Waals surface area contributed by atoms with Gasteiger partial charge in [-0.1, -0.05) is 19.3 Å². The van der Waals surface area contributed by atoms with Crippen LogP contribution < -0.4 is 11.0 Å². The lowest BCUT2D eigenvalue weighted by Gasteiger charge is -2.22. The van der Waals surface area contributed by atoms with Crippen LogP contribution in [0.3, 0.4) is 0 Å². The summed E-state index contributed by atoms with van der Waals surface area (Å²) in [5, 5.41) is 3.01. The van der Waals surface area contributed by atoms with Crippen LogP contribution in [0, 0.1) is 0 Å². The van der Waals surface area contributed by atoms with Crippen LogP contribution in [0.2, 0.25) is 0 Å². The van der Waals surface area contributed by atoms with Crippen LogP contribution in [0.25, 0.3) is 0 Å². The van der Waals surface area contributed by atoms with E-state index >= 15 is 0 Å². The molecule has 1 fully saturated rings. The van der Waals surface area contributed by atoms with E-state index in [1.165, 1.54) is 23.8 Å². The first-order valence-electron chi connectivity index (χ1n) is 6.75. The molecule has 0 bridgehead atoms. The summed E-state index contributed by atoms with van der Waals surface area (Å²) in [6.07, 6.45) is 9.18. The van der Waals surface area contributed by atoms with Crippen molar-refractivity contribution >= 4 is 5.91 Å². The summed E-state index contributed by atoms with van der Waals surface area (Å²) in [7, 11) is 0. The van der Waals surface area contributed by atoms with Gasteiger partial charge in [0.2, 0.25) is 5.91 Å². The molecule has 5 heteroatoms. The summed E-state index contributed by atoms with van der Waals surface area (Å²) in [5.74, 6) is -0.0575. The van der Waals surface area contributed by atoms with Gasteiger partial charge in [0, 0.05) is 25.0 Å². The highest BCUT2D eigenvalue weighted by molar-refractivity contribution is 5.76. The van der Waals surface area contributed by atoms with Gasteiger partial charge < -0.3 is 5.32 Å². The standard InChI is InChI=1S/C13H21N3O2/c1-2-15-8-9-16(13(15)18)10-12(17)14-11-6-4-3-5-7-11/h8-9,11H,2-7,10H2,1H3,(H,14,17). The van der Waals surface area contributed by atoms with Crippen LogP contribution in [0.4, 0.5) is 0 Å². The van der Waals surface area contributed by atoms with Gasteiger partial charge in [-0.3, -0.25) is 13.9 Å². The summed E-state index contributed by atoms with van der Waals surface area (Å²) in [6.45, 7) is 2.67. The molecule has 1 aromatic rings. The quantitative estimate of drug-likeness (QED) is 0.871. The third-order valence-electron chi connectivity index (χ3n) is 3.54. The number of nitrogens with one attached hydrogen (secondary N) is 1. The smallest absolute Gasteiger partial charge is 0.328 e. The van der Waals surface area contributed by atoms with E-state index in [9.17, 15) is 9.59 Å². The Balaban J connectivity index is 1.90. The van der Waals surface area contributed by atoms with Crippen molar-refractivity contribution in [1.82, 2.24) is 14.5 Å². The number of aryl methyl sites for hydroxylation is 1. The van der Waals surface area contributed by atoms with Crippen LogP contribution in [0.1, 0.15) is 39.0 Å². The summed E-state index contributed by atoms with van der Waals surface area (Å²) in [6, 6.07) is 0.301. The molecule has 1 aliphatic rings. The Morgan fingerprint density at radius 1 is 1.28 bits per heavy atom. The number of hydrogen-bond acceptors (Lipinski definition) is 2. The van der Waals surface area contributed by atoms with Gasteiger partial charge >= 0.3 is 5.69 Å². The first kappa shape index (κ1) is 12.9. The van der Waals surface area contributed by atoms with Crippen LogP contribution >= 0.6 is 0 Å². The maximum absolute atomic E-state index is 11.9. The molecule has 100 valence electrons. The monoisotopic (exact) mass is 251 g/mol. The Bertz CT molecular complexity index is 455. The zero-order valence-corrected chi connectivity index (χ0v) is 10.9. The molecule has 1 amide bonds. The van der Waals surface area contributed by atoms with Gasteiger partial charge in [-0.2, -0.15) is 0 Å². The van der Waals surface area contributed by atoms with Crippen molar-refractivity contribution in [2.45, 2.75) is 58.2 Å². The van der Waals surface area contributed by atoms with E-state index in [1.54, 1.807) is 17.0 Å².